The first-order chi connectivity index (χ1) is 7.25. The molecule has 0 radical (unpaired) electrons. The quantitative estimate of drug-likeness (QED) is 0.693. The van der Waals surface area contributed by atoms with Crippen LogP contribution in [0.4, 0.5) is 4.39 Å². The maximum Gasteiger partial charge on any atom is 0.268 e. The molecule has 2 heterocycles. The van der Waals surface area contributed by atoms with E-state index in [-0.39, 0.29) is 11.7 Å². The Bertz CT molecular complexity index is 559. The summed E-state index contributed by atoms with van der Waals surface area (Å²) in [4.78, 5) is 11.5. The number of fused-ring (bicyclic) bond motifs is 3. The minimum atomic E-state index is -0.272. The molecule has 1 aliphatic heterocycles. The summed E-state index contributed by atoms with van der Waals surface area (Å²) in [6.45, 7) is 1.38. The number of rotatable bonds is 0. The Balaban J connectivity index is 2.35. The summed E-state index contributed by atoms with van der Waals surface area (Å²) in [6, 6.07) is 6.32. The summed E-state index contributed by atoms with van der Waals surface area (Å²) in [5.74, 6) is -0.358. The van der Waals surface area contributed by atoms with Gasteiger partial charge in [-0.05, 0) is 24.3 Å². The van der Waals surface area contributed by atoms with Crippen LogP contribution in [0.15, 0.2) is 24.3 Å². The van der Waals surface area contributed by atoms with E-state index in [1.807, 2.05) is 4.57 Å². The van der Waals surface area contributed by atoms with E-state index >= 15 is 0 Å². The molecule has 1 aromatic heterocycles. The maximum atomic E-state index is 13.0. The van der Waals surface area contributed by atoms with Crippen LogP contribution in [-0.4, -0.2) is 17.0 Å². The van der Waals surface area contributed by atoms with Crippen LogP contribution in [0.25, 0.3) is 10.9 Å². The molecule has 1 amide bonds. The normalized spacial score (nSPS) is 15.1. The summed E-state index contributed by atoms with van der Waals surface area (Å²) in [5, 5.41) is 3.54. The van der Waals surface area contributed by atoms with E-state index in [0.717, 1.165) is 17.4 Å². The predicted molar refractivity (Wildman–Crippen MR) is 54.2 cm³/mol. The molecule has 2 aromatic rings. The number of amides is 1. The highest BCUT2D eigenvalue weighted by atomic mass is 19.1. The fraction of sp³-hybridized carbons (Fsp3) is 0.182. The minimum Gasteiger partial charge on any atom is -0.349 e. The molecule has 0 bridgehead atoms. The number of nitrogens with zero attached hydrogens (tertiary/aromatic N) is 1. The lowest BCUT2D eigenvalue weighted by molar-refractivity contribution is 0.0929. The number of halogens is 1. The summed E-state index contributed by atoms with van der Waals surface area (Å²) in [6.07, 6.45) is 0. The van der Waals surface area contributed by atoms with E-state index < -0.39 is 0 Å². The molecule has 0 spiro atoms. The van der Waals surface area contributed by atoms with Gasteiger partial charge >= 0.3 is 0 Å². The summed E-state index contributed by atoms with van der Waals surface area (Å²) in [7, 11) is 0. The average molecular weight is 204 g/mol. The van der Waals surface area contributed by atoms with Gasteiger partial charge in [-0.3, -0.25) is 4.79 Å². The number of carbonyl (C=O) groups is 1. The first-order valence-corrected chi connectivity index (χ1v) is 4.83. The summed E-state index contributed by atoms with van der Waals surface area (Å²) in [5.41, 5.74) is 1.53. The average Bonchev–Trinajstić information content (AvgIpc) is 2.57. The van der Waals surface area contributed by atoms with Crippen molar-refractivity contribution < 1.29 is 9.18 Å². The minimum absolute atomic E-state index is 0.0853. The molecule has 3 nitrogen and oxygen atoms in total. The van der Waals surface area contributed by atoms with Crippen LogP contribution in [0, 0.1) is 5.82 Å². The highest BCUT2D eigenvalue weighted by molar-refractivity contribution is 5.99. The molecule has 0 saturated heterocycles. The number of benzene rings is 1. The molecule has 0 atom stereocenters. The van der Waals surface area contributed by atoms with Crippen LogP contribution >= 0.6 is 0 Å². The van der Waals surface area contributed by atoms with Crippen LogP contribution in [0.2, 0.25) is 0 Å². The second-order valence-corrected chi connectivity index (χ2v) is 3.64. The molecular formula is C11H9FN2O. The van der Waals surface area contributed by atoms with Gasteiger partial charge in [-0.1, -0.05) is 0 Å². The fourth-order valence-electron chi connectivity index (χ4n) is 2.04. The Morgan fingerprint density at radius 1 is 1.33 bits per heavy atom. The van der Waals surface area contributed by atoms with Crippen molar-refractivity contribution in [1.29, 1.82) is 0 Å². The van der Waals surface area contributed by atoms with E-state index in [9.17, 15) is 9.18 Å². The van der Waals surface area contributed by atoms with Gasteiger partial charge in [0.1, 0.15) is 11.5 Å². The molecular weight excluding hydrogens is 195 g/mol. The van der Waals surface area contributed by atoms with Crippen molar-refractivity contribution in [2.75, 3.05) is 6.54 Å². The fourth-order valence-corrected chi connectivity index (χ4v) is 2.04. The van der Waals surface area contributed by atoms with Gasteiger partial charge in [0.15, 0.2) is 0 Å². The van der Waals surface area contributed by atoms with Crippen LogP contribution < -0.4 is 5.32 Å². The van der Waals surface area contributed by atoms with Crippen LogP contribution in [0.5, 0.6) is 0 Å². The molecule has 1 aliphatic rings. The zero-order valence-electron chi connectivity index (χ0n) is 7.96. The van der Waals surface area contributed by atoms with Crippen molar-refractivity contribution in [3.8, 4) is 0 Å². The van der Waals surface area contributed by atoms with Crippen molar-refractivity contribution in [2.45, 2.75) is 6.54 Å². The van der Waals surface area contributed by atoms with Gasteiger partial charge in [-0.15, -0.1) is 0 Å². The molecule has 0 aliphatic carbocycles. The largest absolute Gasteiger partial charge is 0.349 e. The van der Waals surface area contributed by atoms with Gasteiger partial charge in [-0.25, -0.2) is 4.39 Å². The number of hydrogen-bond acceptors (Lipinski definition) is 1. The standard InChI is InChI=1S/C11H9FN2O/c12-8-1-2-9-7(5-8)6-10-11(15)13-3-4-14(9)10/h1-2,5-6H,3-4H2,(H,13,15). The third kappa shape index (κ3) is 1.14. The van der Waals surface area contributed by atoms with Gasteiger partial charge < -0.3 is 9.88 Å². The molecule has 0 unspecified atom stereocenters. The zero-order valence-corrected chi connectivity index (χ0v) is 7.96. The first kappa shape index (κ1) is 8.47. The molecule has 1 aromatic carbocycles. The SMILES string of the molecule is O=C1NCCn2c1cc1cc(F)ccc12. The maximum absolute atomic E-state index is 13.0. The zero-order chi connectivity index (χ0) is 10.4. The highest BCUT2D eigenvalue weighted by Crippen LogP contribution is 2.22. The van der Waals surface area contributed by atoms with Crippen molar-refractivity contribution in [1.82, 2.24) is 9.88 Å². The van der Waals surface area contributed by atoms with E-state index in [0.29, 0.717) is 12.2 Å². The van der Waals surface area contributed by atoms with Gasteiger partial charge in [0.05, 0.1) is 0 Å². The molecule has 1 N–H and O–H groups in total. The number of hydrogen-bond donors (Lipinski definition) is 1. The Morgan fingerprint density at radius 2 is 2.20 bits per heavy atom. The van der Waals surface area contributed by atoms with Gasteiger partial charge in [0.2, 0.25) is 0 Å². The lowest BCUT2D eigenvalue weighted by Crippen LogP contribution is -2.34. The van der Waals surface area contributed by atoms with Crippen LogP contribution in [0.3, 0.4) is 0 Å². The summed E-state index contributed by atoms with van der Waals surface area (Å²) >= 11 is 0. The third-order valence-corrected chi connectivity index (χ3v) is 2.72. The Labute approximate surface area is 85.5 Å². The van der Waals surface area contributed by atoms with Gasteiger partial charge in [0.25, 0.3) is 5.91 Å². The van der Waals surface area contributed by atoms with Crippen molar-refractivity contribution in [2.24, 2.45) is 0 Å². The molecule has 0 fully saturated rings. The van der Waals surface area contributed by atoms with Gasteiger partial charge in [0, 0.05) is 24.0 Å². The number of nitrogens with one attached hydrogen (secondary N) is 1. The topological polar surface area (TPSA) is 34.0 Å². The molecule has 76 valence electrons. The van der Waals surface area contributed by atoms with Crippen molar-refractivity contribution in [3.63, 3.8) is 0 Å². The first-order valence-electron chi connectivity index (χ1n) is 4.83. The third-order valence-electron chi connectivity index (χ3n) is 2.72. The smallest absolute Gasteiger partial charge is 0.268 e. The van der Waals surface area contributed by atoms with E-state index in [1.54, 1.807) is 12.1 Å². The van der Waals surface area contributed by atoms with E-state index in [4.69, 9.17) is 0 Å². The van der Waals surface area contributed by atoms with Gasteiger partial charge in [-0.2, -0.15) is 0 Å². The second kappa shape index (κ2) is 2.82. The number of aromatic nitrogens is 1. The Kier molecular flexibility index (Phi) is 1.59. The predicted octanol–water partition coefficient (Wildman–Crippen LogP) is 1.52. The van der Waals surface area contributed by atoms with E-state index in [1.165, 1.54) is 12.1 Å². The molecule has 3 rings (SSSR count). The molecule has 0 saturated carbocycles. The monoisotopic (exact) mass is 204 g/mol. The highest BCUT2D eigenvalue weighted by Gasteiger charge is 2.19. The molecule has 15 heavy (non-hydrogen) atoms. The second-order valence-electron chi connectivity index (χ2n) is 3.64. The lowest BCUT2D eigenvalue weighted by Gasteiger charge is -2.16. The van der Waals surface area contributed by atoms with Crippen LogP contribution in [-0.2, 0) is 6.54 Å². The van der Waals surface area contributed by atoms with E-state index in [2.05, 4.69) is 5.32 Å². The molecule has 4 heteroatoms. The van der Waals surface area contributed by atoms with Crippen LogP contribution in [0.1, 0.15) is 10.5 Å². The van der Waals surface area contributed by atoms with Crippen molar-refractivity contribution >= 4 is 16.8 Å². The Hall–Kier alpha value is -1.84. The number of carbonyl (C=O) groups excluding carboxylic acids is 1. The lowest BCUT2D eigenvalue weighted by atomic mass is 10.2. The Morgan fingerprint density at radius 3 is 3.07 bits per heavy atom. The summed E-state index contributed by atoms with van der Waals surface area (Å²) < 4.78 is 14.9. The van der Waals surface area contributed by atoms with Crippen molar-refractivity contribution in [3.05, 3.63) is 35.8 Å².